The summed E-state index contributed by atoms with van der Waals surface area (Å²) in [5.41, 5.74) is -0.224. The van der Waals surface area contributed by atoms with Crippen LogP contribution in [0, 0.1) is 0 Å². The Balaban J connectivity index is 2.57. The molecule has 4 nitrogen and oxygen atoms in total. The molecular weight excluding hydrogens is 268 g/mol. The van der Waals surface area contributed by atoms with Gasteiger partial charge in [-0.1, -0.05) is 20.8 Å². The number of rotatable bonds is 4. The van der Waals surface area contributed by atoms with Crippen molar-refractivity contribution in [2.45, 2.75) is 70.4 Å². The van der Waals surface area contributed by atoms with E-state index >= 15 is 0 Å². The minimum atomic E-state index is -3.35. The smallest absolute Gasteiger partial charge is 0.264 e. The minimum absolute atomic E-state index is 0.165. The van der Waals surface area contributed by atoms with Crippen molar-refractivity contribution in [2.75, 3.05) is 6.26 Å². The van der Waals surface area contributed by atoms with Crippen molar-refractivity contribution < 1.29 is 17.0 Å². The monoisotopic (exact) mass is 294 g/mol. The van der Waals surface area contributed by atoms with Crippen LogP contribution in [0.2, 0.25) is 18.1 Å². The first-order chi connectivity index (χ1) is 7.74. The van der Waals surface area contributed by atoms with Crippen molar-refractivity contribution in [3.8, 4) is 0 Å². The summed E-state index contributed by atoms with van der Waals surface area (Å²) in [5.74, 6) is 0. The van der Waals surface area contributed by atoms with Gasteiger partial charge in [-0.2, -0.15) is 8.42 Å². The molecule has 0 aromatic heterocycles. The van der Waals surface area contributed by atoms with Gasteiger partial charge in [-0.15, -0.1) is 0 Å². The fourth-order valence-electron chi connectivity index (χ4n) is 2.07. The van der Waals surface area contributed by atoms with Crippen LogP contribution in [-0.4, -0.2) is 34.7 Å². The minimum Gasteiger partial charge on any atom is -0.411 e. The Morgan fingerprint density at radius 2 is 1.67 bits per heavy atom. The molecule has 0 aromatic rings. The lowest BCUT2D eigenvalue weighted by molar-refractivity contribution is -0.0763. The van der Waals surface area contributed by atoms with Gasteiger partial charge in [0.05, 0.1) is 18.0 Å². The van der Waals surface area contributed by atoms with Crippen LogP contribution < -0.4 is 0 Å². The van der Waals surface area contributed by atoms with Crippen molar-refractivity contribution in [3.05, 3.63) is 0 Å². The van der Waals surface area contributed by atoms with Crippen molar-refractivity contribution in [1.82, 2.24) is 0 Å². The lowest BCUT2D eigenvalue weighted by atomic mass is 9.79. The largest absolute Gasteiger partial charge is 0.411 e. The highest BCUT2D eigenvalue weighted by Crippen LogP contribution is 2.46. The molecule has 1 aliphatic carbocycles. The van der Waals surface area contributed by atoms with Gasteiger partial charge in [0.15, 0.2) is 8.32 Å². The molecule has 0 atom stereocenters. The van der Waals surface area contributed by atoms with Crippen LogP contribution >= 0.6 is 0 Å². The molecule has 108 valence electrons. The molecule has 0 aliphatic heterocycles. The van der Waals surface area contributed by atoms with Crippen molar-refractivity contribution >= 4 is 18.4 Å². The summed E-state index contributed by atoms with van der Waals surface area (Å²) in [5, 5.41) is 0.165. The second-order valence-electron chi connectivity index (χ2n) is 7.14. The molecule has 18 heavy (non-hydrogen) atoms. The molecule has 0 saturated heterocycles. The predicted molar refractivity (Wildman–Crippen MR) is 75.6 cm³/mol. The van der Waals surface area contributed by atoms with E-state index < -0.39 is 18.4 Å². The molecule has 0 heterocycles. The highest BCUT2D eigenvalue weighted by atomic mass is 32.2. The fourth-order valence-corrected chi connectivity index (χ4v) is 4.41. The van der Waals surface area contributed by atoms with Crippen LogP contribution in [0.1, 0.15) is 40.5 Å². The lowest BCUT2D eigenvalue weighted by Crippen LogP contribution is -2.56. The maximum Gasteiger partial charge on any atom is 0.264 e. The normalized spacial score (nSPS) is 30.1. The van der Waals surface area contributed by atoms with E-state index in [0.717, 1.165) is 6.26 Å². The standard InChI is InChI=1S/C12H26O4SSi/c1-11(2,3)18(6,7)16-12(4)8-10(9-12)15-17(5,13)14/h10H,8-9H2,1-7H3. The van der Waals surface area contributed by atoms with Gasteiger partial charge in [0, 0.05) is 12.8 Å². The zero-order chi connectivity index (χ0) is 14.4. The zero-order valence-corrected chi connectivity index (χ0v) is 14.3. The molecule has 0 bridgehead atoms. The Kier molecular flexibility index (Phi) is 4.10. The Morgan fingerprint density at radius 1 is 1.22 bits per heavy atom. The first kappa shape index (κ1) is 16.1. The van der Waals surface area contributed by atoms with Gasteiger partial charge in [0.2, 0.25) is 0 Å². The Hall–Kier alpha value is 0.0869. The van der Waals surface area contributed by atoms with Gasteiger partial charge >= 0.3 is 0 Å². The van der Waals surface area contributed by atoms with E-state index in [1.54, 1.807) is 0 Å². The molecule has 1 rings (SSSR count). The first-order valence-corrected chi connectivity index (χ1v) is 11.1. The average molecular weight is 294 g/mol. The Bertz CT molecular complexity index is 402. The van der Waals surface area contributed by atoms with E-state index in [-0.39, 0.29) is 16.7 Å². The van der Waals surface area contributed by atoms with E-state index in [4.69, 9.17) is 8.61 Å². The van der Waals surface area contributed by atoms with Crippen molar-refractivity contribution in [3.63, 3.8) is 0 Å². The van der Waals surface area contributed by atoms with Crippen LogP contribution in [0.15, 0.2) is 0 Å². The van der Waals surface area contributed by atoms with Crippen LogP contribution in [0.3, 0.4) is 0 Å². The van der Waals surface area contributed by atoms with Crippen LogP contribution in [-0.2, 0) is 18.7 Å². The Morgan fingerprint density at radius 3 is 2.00 bits per heavy atom. The van der Waals surface area contributed by atoms with Gasteiger partial charge in [0.1, 0.15) is 0 Å². The maximum absolute atomic E-state index is 11.0. The highest BCUT2D eigenvalue weighted by molar-refractivity contribution is 7.86. The molecule has 1 fully saturated rings. The van der Waals surface area contributed by atoms with Crippen LogP contribution in [0.4, 0.5) is 0 Å². The zero-order valence-electron chi connectivity index (χ0n) is 12.5. The molecule has 6 heteroatoms. The summed E-state index contributed by atoms with van der Waals surface area (Å²) in [6, 6.07) is 0. The van der Waals surface area contributed by atoms with Gasteiger partial charge < -0.3 is 4.43 Å². The van der Waals surface area contributed by atoms with Crippen molar-refractivity contribution in [1.29, 1.82) is 0 Å². The first-order valence-electron chi connectivity index (χ1n) is 6.33. The van der Waals surface area contributed by atoms with Gasteiger partial charge in [-0.25, -0.2) is 0 Å². The highest BCUT2D eigenvalue weighted by Gasteiger charge is 2.49. The molecule has 0 amide bonds. The molecule has 0 N–H and O–H groups in total. The summed E-state index contributed by atoms with van der Waals surface area (Å²) >= 11 is 0. The summed E-state index contributed by atoms with van der Waals surface area (Å²) in [7, 11) is -5.15. The maximum atomic E-state index is 11.0. The second-order valence-corrected chi connectivity index (χ2v) is 13.5. The lowest BCUT2D eigenvalue weighted by Gasteiger charge is -2.51. The summed E-state index contributed by atoms with van der Waals surface area (Å²) in [6.45, 7) is 13.1. The molecular formula is C12H26O4SSi. The van der Waals surface area contributed by atoms with Gasteiger partial charge in [-0.3, -0.25) is 4.18 Å². The van der Waals surface area contributed by atoms with E-state index in [2.05, 4.69) is 40.8 Å². The topological polar surface area (TPSA) is 52.6 Å². The third-order valence-electron chi connectivity index (χ3n) is 3.94. The summed E-state index contributed by atoms with van der Waals surface area (Å²) in [4.78, 5) is 0. The second kappa shape index (κ2) is 4.58. The average Bonchev–Trinajstić information content (AvgIpc) is 1.93. The van der Waals surface area contributed by atoms with Gasteiger partial charge in [-0.05, 0) is 25.1 Å². The van der Waals surface area contributed by atoms with E-state index in [9.17, 15) is 8.42 Å². The number of hydrogen-bond donors (Lipinski definition) is 0. The summed E-state index contributed by atoms with van der Waals surface area (Å²) in [6.07, 6.45) is 2.20. The van der Waals surface area contributed by atoms with E-state index in [1.165, 1.54) is 0 Å². The molecule has 0 unspecified atom stereocenters. The van der Waals surface area contributed by atoms with Crippen molar-refractivity contribution in [2.24, 2.45) is 0 Å². The van der Waals surface area contributed by atoms with Crippen LogP contribution in [0.25, 0.3) is 0 Å². The predicted octanol–water partition coefficient (Wildman–Crippen LogP) is 2.91. The van der Waals surface area contributed by atoms with Crippen LogP contribution in [0.5, 0.6) is 0 Å². The molecule has 0 radical (unpaired) electrons. The Labute approximate surface area is 112 Å². The molecule has 1 saturated carbocycles. The third kappa shape index (κ3) is 4.04. The molecule has 0 aromatic carbocycles. The quantitative estimate of drug-likeness (QED) is 0.591. The third-order valence-corrected chi connectivity index (χ3v) is 9.17. The molecule has 0 spiro atoms. The van der Waals surface area contributed by atoms with E-state index in [0.29, 0.717) is 12.8 Å². The van der Waals surface area contributed by atoms with Gasteiger partial charge in [0.25, 0.3) is 10.1 Å². The van der Waals surface area contributed by atoms with E-state index in [1.807, 2.05) is 0 Å². The number of hydrogen-bond acceptors (Lipinski definition) is 4. The molecule has 1 aliphatic rings. The summed E-state index contributed by atoms with van der Waals surface area (Å²) < 4.78 is 33.4. The fraction of sp³-hybridized carbons (Fsp3) is 1.00. The SMILES string of the molecule is CC1(O[Si](C)(C)C(C)(C)C)CC(OS(C)(=O)=O)C1.